The van der Waals surface area contributed by atoms with Crippen LogP contribution in [0.3, 0.4) is 0 Å². The fraction of sp³-hybridized carbons (Fsp3) is 0.632. The number of aliphatic hydroxyl groups is 1. The van der Waals surface area contributed by atoms with Crippen molar-refractivity contribution in [2.24, 2.45) is 4.99 Å². The van der Waals surface area contributed by atoms with Gasteiger partial charge in [-0.1, -0.05) is 28.1 Å². The molecule has 5 nitrogen and oxygen atoms in total. The quantitative estimate of drug-likeness (QED) is 0.242. The van der Waals surface area contributed by atoms with Crippen LogP contribution in [0.5, 0.6) is 0 Å². The molecule has 0 radical (unpaired) electrons. The van der Waals surface area contributed by atoms with E-state index in [1.807, 2.05) is 0 Å². The van der Waals surface area contributed by atoms with Crippen LogP contribution < -0.4 is 5.32 Å². The molecule has 1 fully saturated rings. The van der Waals surface area contributed by atoms with Gasteiger partial charge in [0.25, 0.3) is 0 Å². The molecule has 1 aliphatic rings. The second-order valence-corrected chi connectivity index (χ2v) is 7.56. The van der Waals surface area contributed by atoms with Crippen LogP contribution in [0.2, 0.25) is 0 Å². The molecule has 7 heteroatoms. The summed E-state index contributed by atoms with van der Waals surface area (Å²) in [5.74, 6) is 0.958. The molecule has 1 heterocycles. The Labute approximate surface area is 183 Å². The molecule has 1 saturated heterocycles. The van der Waals surface area contributed by atoms with E-state index in [4.69, 9.17) is 4.99 Å². The SMILES string of the molecule is CCNC(=NCCCN1CCC(O)CC1)N(C)Cc1ccc(Br)cc1.I. The van der Waals surface area contributed by atoms with E-state index >= 15 is 0 Å². The Hall–Kier alpha value is -0.380. The average molecular weight is 539 g/mol. The Morgan fingerprint density at radius 3 is 2.58 bits per heavy atom. The number of guanidine groups is 1. The average Bonchev–Trinajstić information content (AvgIpc) is 2.61. The summed E-state index contributed by atoms with van der Waals surface area (Å²) in [6.45, 7) is 7.71. The van der Waals surface area contributed by atoms with E-state index in [-0.39, 0.29) is 30.1 Å². The first-order chi connectivity index (χ1) is 12.1. The fourth-order valence-electron chi connectivity index (χ4n) is 3.03. The molecule has 1 aliphatic heterocycles. The van der Waals surface area contributed by atoms with Gasteiger partial charge >= 0.3 is 0 Å². The third-order valence-electron chi connectivity index (χ3n) is 4.48. The lowest BCUT2D eigenvalue weighted by Gasteiger charge is -2.29. The number of likely N-dealkylation sites (tertiary alicyclic amines) is 1. The first-order valence-electron chi connectivity index (χ1n) is 9.22. The van der Waals surface area contributed by atoms with Crippen LogP contribution in [0.1, 0.15) is 31.7 Å². The largest absolute Gasteiger partial charge is 0.393 e. The van der Waals surface area contributed by atoms with E-state index in [0.717, 1.165) is 69.0 Å². The summed E-state index contributed by atoms with van der Waals surface area (Å²) < 4.78 is 1.10. The van der Waals surface area contributed by atoms with Crippen molar-refractivity contribution >= 4 is 45.9 Å². The van der Waals surface area contributed by atoms with Gasteiger partial charge in [0.2, 0.25) is 0 Å². The van der Waals surface area contributed by atoms with E-state index < -0.39 is 0 Å². The summed E-state index contributed by atoms with van der Waals surface area (Å²) in [4.78, 5) is 9.37. The van der Waals surface area contributed by atoms with Crippen molar-refractivity contribution in [2.45, 2.75) is 38.8 Å². The molecule has 26 heavy (non-hydrogen) atoms. The lowest BCUT2D eigenvalue weighted by molar-refractivity contribution is 0.0824. The number of hydrogen-bond donors (Lipinski definition) is 2. The maximum absolute atomic E-state index is 9.56. The highest BCUT2D eigenvalue weighted by atomic mass is 127. The number of halogens is 2. The Bertz CT molecular complexity index is 533. The second-order valence-electron chi connectivity index (χ2n) is 6.64. The zero-order valence-corrected chi connectivity index (χ0v) is 19.7. The van der Waals surface area contributed by atoms with Gasteiger partial charge in [0.05, 0.1) is 6.10 Å². The van der Waals surface area contributed by atoms with E-state index in [2.05, 4.69) is 69.3 Å². The highest BCUT2D eigenvalue weighted by molar-refractivity contribution is 14.0. The third-order valence-corrected chi connectivity index (χ3v) is 5.01. The van der Waals surface area contributed by atoms with Crippen molar-refractivity contribution in [2.75, 3.05) is 39.8 Å². The number of benzene rings is 1. The standard InChI is InChI=1S/C19H31BrN4O.HI/c1-3-21-19(23(2)15-16-5-7-17(20)8-6-16)22-11-4-12-24-13-9-18(25)10-14-24;/h5-8,18,25H,3-4,9-15H2,1-2H3,(H,21,22);1H. The molecule has 1 aromatic carbocycles. The highest BCUT2D eigenvalue weighted by Gasteiger charge is 2.16. The predicted octanol–water partition coefficient (Wildman–Crippen LogP) is 3.31. The number of piperidine rings is 1. The number of nitrogens with zero attached hydrogens (tertiary/aromatic N) is 3. The fourth-order valence-corrected chi connectivity index (χ4v) is 3.29. The van der Waals surface area contributed by atoms with Gasteiger partial charge < -0.3 is 20.2 Å². The van der Waals surface area contributed by atoms with Crippen LogP contribution >= 0.6 is 39.9 Å². The molecule has 0 saturated carbocycles. The smallest absolute Gasteiger partial charge is 0.193 e. The van der Waals surface area contributed by atoms with Crippen molar-refractivity contribution in [1.29, 1.82) is 0 Å². The number of aliphatic imine (C=N–C) groups is 1. The molecule has 0 amide bonds. The summed E-state index contributed by atoms with van der Waals surface area (Å²) in [6.07, 6.45) is 2.77. The zero-order chi connectivity index (χ0) is 18.1. The van der Waals surface area contributed by atoms with E-state index in [9.17, 15) is 5.11 Å². The topological polar surface area (TPSA) is 51.1 Å². The maximum Gasteiger partial charge on any atom is 0.193 e. The molecule has 2 rings (SSSR count). The molecular weight excluding hydrogens is 507 g/mol. The van der Waals surface area contributed by atoms with Gasteiger partial charge in [-0.15, -0.1) is 24.0 Å². The Balaban J connectivity index is 0.00000338. The summed E-state index contributed by atoms with van der Waals surface area (Å²) in [6, 6.07) is 8.41. The second kappa shape index (κ2) is 12.9. The number of nitrogens with one attached hydrogen (secondary N) is 1. The monoisotopic (exact) mass is 538 g/mol. The maximum atomic E-state index is 9.56. The summed E-state index contributed by atoms with van der Waals surface area (Å²) in [5, 5.41) is 12.9. The third kappa shape index (κ3) is 8.54. The van der Waals surface area contributed by atoms with Crippen LogP contribution in [0.15, 0.2) is 33.7 Å². The predicted molar refractivity (Wildman–Crippen MR) is 123 cm³/mol. The van der Waals surface area contributed by atoms with Crippen molar-refractivity contribution < 1.29 is 5.11 Å². The van der Waals surface area contributed by atoms with Crippen LogP contribution in [-0.2, 0) is 6.54 Å². The van der Waals surface area contributed by atoms with Gasteiger partial charge in [-0.2, -0.15) is 0 Å². The number of hydrogen-bond acceptors (Lipinski definition) is 3. The van der Waals surface area contributed by atoms with Crippen molar-refractivity contribution in [1.82, 2.24) is 15.1 Å². The van der Waals surface area contributed by atoms with Crippen molar-refractivity contribution in [3.8, 4) is 0 Å². The number of aliphatic hydroxyl groups excluding tert-OH is 1. The normalized spacial score (nSPS) is 16.2. The molecule has 0 aliphatic carbocycles. The van der Waals surface area contributed by atoms with E-state index in [1.165, 1.54) is 5.56 Å². The lowest BCUT2D eigenvalue weighted by atomic mass is 10.1. The van der Waals surface area contributed by atoms with Gasteiger partial charge in [0.1, 0.15) is 0 Å². The zero-order valence-electron chi connectivity index (χ0n) is 15.8. The molecule has 0 atom stereocenters. The molecular formula is C19H32BrIN4O. The van der Waals surface area contributed by atoms with Gasteiger partial charge in [0, 0.05) is 44.2 Å². The minimum Gasteiger partial charge on any atom is -0.393 e. The van der Waals surface area contributed by atoms with Crippen LogP contribution in [0.4, 0.5) is 0 Å². The molecule has 0 unspecified atom stereocenters. The first kappa shape index (κ1) is 23.7. The van der Waals surface area contributed by atoms with Gasteiger partial charge in [0.15, 0.2) is 5.96 Å². The van der Waals surface area contributed by atoms with Crippen LogP contribution in [0.25, 0.3) is 0 Å². The minimum atomic E-state index is -0.0955. The Morgan fingerprint density at radius 2 is 1.96 bits per heavy atom. The van der Waals surface area contributed by atoms with E-state index in [0.29, 0.717) is 0 Å². The molecule has 2 N–H and O–H groups in total. The molecule has 0 spiro atoms. The lowest BCUT2D eigenvalue weighted by Crippen LogP contribution is -2.39. The van der Waals surface area contributed by atoms with E-state index in [1.54, 1.807) is 0 Å². The van der Waals surface area contributed by atoms with Gasteiger partial charge in [-0.3, -0.25) is 4.99 Å². The van der Waals surface area contributed by atoms with Gasteiger partial charge in [-0.05, 0) is 50.4 Å². The summed E-state index contributed by atoms with van der Waals surface area (Å²) in [5.41, 5.74) is 1.27. The van der Waals surface area contributed by atoms with Crippen molar-refractivity contribution in [3.63, 3.8) is 0 Å². The first-order valence-corrected chi connectivity index (χ1v) is 10.0. The van der Waals surface area contributed by atoms with Gasteiger partial charge in [-0.25, -0.2) is 0 Å². The summed E-state index contributed by atoms with van der Waals surface area (Å²) >= 11 is 3.48. The van der Waals surface area contributed by atoms with Crippen molar-refractivity contribution in [3.05, 3.63) is 34.3 Å². The molecule has 0 bridgehead atoms. The minimum absolute atomic E-state index is 0. The Kier molecular flexibility index (Phi) is 11.7. The highest BCUT2D eigenvalue weighted by Crippen LogP contribution is 2.12. The number of rotatable bonds is 7. The molecule has 1 aromatic rings. The summed E-state index contributed by atoms with van der Waals surface area (Å²) in [7, 11) is 2.08. The van der Waals surface area contributed by atoms with Crippen LogP contribution in [-0.4, -0.2) is 66.7 Å². The Morgan fingerprint density at radius 1 is 1.31 bits per heavy atom. The molecule has 148 valence electrons. The molecule has 0 aromatic heterocycles. The van der Waals surface area contributed by atoms with Crippen LogP contribution in [0, 0.1) is 0 Å².